The molecule has 4 atom stereocenters. The molecule has 0 amide bonds. The van der Waals surface area contributed by atoms with Crippen molar-refractivity contribution in [2.24, 2.45) is 11.3 Å². The average Bonchev–Trinajstić information content (AvgIpc) is 2.95. The second-order valence-corrected chi connectivity index (χ2v) is 7.12. The van der Waals surface area contributed by atoms with Gasteiger partial charge in [-0.3, -0.25) is 9.59 Å². The Balaban J connectivity index is 1.51. The molecular formula is C18H14N6O2. The predicted octanol–water partition coefficient (Wildman–Crippen LogP) is 0.386. The van der Waals surface area contributed by atoms with Crippen LogP contribution in [0.3, 0.4) is 0 Å². The molecule has 0 N–H and O–H groups in total. The lowest BCUT2D eigenvalue weighted by Gasteiger charge is -2.33. The number of rotatable bonds is 2. The first-order chi connectivity index (χ1) is 12.7. The molecular weight excluding hydrogens is 332 g/mol. The standard InChI is InChI=1S/C18H14N6O2/c25-15-14-11-3-7-24(13-2-6-20-10-22-13)18(11)16(26)17(15,18)4-8-23(14)12-1-5-19-9-21-12/h1-2,4-6,8-11,14H,3,7H2. The Morgan fingerprint density at radius 1 is 1.04 bits per heavy atom. The van der Waals surface area contributed by atoms with Crippen LogP contribution in [0.2, 0.25) is 0 Å². The summed E-state index contributed by atoms with van der Waals surface area (Å²) in [4.78, 5) is 46.8. The zero-order valence-electron chi connectivity index (χ0n) is 13.7. The highest BCUT2D eigenvalue weighted by atomic mass is 16.2. The zero-order chi connectivity index (χ0) is 17.5. The van der Waals surface area contributed by atoms with Crippen LogP contribution < -0.4 is 9.80 Å². The number of nitrogens with zero attached hydrogens (tertiary/aromatic N) is 6. The lowest BCUT2D eigenvalue weighted by Crippen LogP contribution is -2.47. The van der Waals surface area contributed by atoms with Crippen LogP contribution in [-0.2, 0) is 9.59 Å². The van der Waals surface area contributed by atoms with Crippen molar-refractivity contribution in [2.45, 2.75) is 18.0 Å². The van der Waals surface area contributed by atoms with Gasteiger partial charge in [0.05, 0.1) is 0 Å². The van der Waals surface area contributed by atoms with Crippen LogP contribution in [0.4, 0.5) is 11.6 Å². The maximum absolute atomic E-state index is 13.3. The third-order valence-corrected chi connectivity index (χ3v) is 6.37. The summed E-state index contributed by atoms with van der Waals surface area (Å²) in [6.07, 6.45) is 10.6. The van der Waals surface area contributed by atoms with E-state index < -0.39 is 11.0 Å². The van der Waals surface area contributed by atoms with Crippen molar-refractivity contribution < 1.29 is 9.59 Å². The normalized spacial score (nSPS) is 36.3. The largest absolute Gasteiger partial charge is 0.342 e. The Hall–Kier alpha value is -3.16. The molecule has 2 aliphatic heterocycles. The van der Waals surface area contributed by atoms with Crippen LogP contribution >= 0.6 is 0 Å². The van der Waals surface area contributed by atoms with E-state index in [4.69, 9.17) is 0 Å². The first-order valence-electron chi connectivity index (χ1n) is 8.59. The first-order valence-corrected chi connectivity index (χ1v) is 8.59. The number of hydrogen-bond acceptors (Lipinski definition) is 8. The van der Waals surface area contributed by atoms with E-state index in [9.17, 15) is 9.59 Å². The minimum atomic E-state index is -1.03. The molecule has 8 nitrogen and oxygen atoms in total. The fourth-order valence-electron chi connectivity index (χ4n) is 5.44. The molecule has 128 valence electrons. The SMILES string of the molecule is O=C1C2C3CCN(c4ccncn4)C34C(=O)C14C=CN2c1ccncn1. The zero-order valence-corrected chi connectivity index (χ0v) is 13.7. The maximum Gasteiger partial charge on any atom is 0.180 e. The van der Waals surface area contributed by atoms with Crippen LogP contribution in [0.1, 0.15) is 6.42 Å². The van der Waals surface area contributed by atoms with Gasteiger partial charge < -0.3 is 9.80 Å². The Morgan fingerprint density at radius 3 is 2.46 bits per heavy atom. The molecule has 3 fully saturated rings. The summed E-state index contributed by atoms with van der Waals surface area (Å²) in [7, 11) is 0. The molecule has 4 unspecified atom stereocenters. The Bertz CT molecular complexity index is 980. The molecule has 2 aromatic heterocycles. The number of carbonyl (C=O) groups is 2. The van der Waals surface area contributed by atoms with Gasteiger partial charge >= 0.3 is 0 Å². The molecule has 0 radical (unpaired) electrons. The molecule has 2 bridgehead atoms. The second kappa shape index (κ2) is 4.32. The molecule has 2 saturated carbocycles. The van der Waals surface area contributed by atoms with Crippen LogP contribution in [0.25, 0.3) is 0 Å². The summed E-state index contributed by atoms with van der Waals surface area (Å²) in [5.41, 5.74) is -1.84. The van der Waals surface area contributed by atoms with E-state index in [-0.39, 0.29) is 23.5 Å². The van der Waals surface area contributed by atoms with E-state index in [0.29, 0.717) is 18.2 Å². The number of aromatic nitrogens is 4. The molecule has 6 rings (SSSR count). The van der Waals surface area contributed by atoms with Crippen molar-refractivity contribution >= 4 is 23.2 Å². The fourth-order valence-corrected chi connectivity index (χ4v) is 5.44. The Kier molecular flexibility index (Phi) is 2.34. The molecule has 1 saturated heterocycles. The van der Waals surface area contributed by atoms with Gasteiger partial charge in [0.2, 0.25) is 0 Å². The number of ketones is 2. The van der Waals surface area contributed by atoms with Gasteiger partial charge in [0, 0.05) is 31.1 Å². The monoisotopic (exact) mass is 346 g/mol. The van der Waals surface area contributed by atoms with Crippen molar-refractivity contribution in [1.29, 1.82) is 0 Å². The summed E-state index contributed by atoms with van der Waals surface area (Å²) < 4.78 is 0. The van der Waals surface area contributed by atoms with Gasteiger partial charge in [-0.05, 0) is 24.6 Å². The number of Topliss-reactive ketones (excluding diaryl/α,β-unsaturated/α-hetero) is 2. The van der Waals surface area contributed by atoms with Crippen LogP contribution in [0.5, 0.6) is 0 Å². The van der Waals surface area contributed by atoms with Crippen molar-refractivity contribution in [3.05, 3.63) is 49.5 Å². The molecule has 4 heterocycles. The Labute approximate surface area is 148 Å². The quantitative estimate of drug-likeness (QED) is 0.721. The van der Waals surface area contributed by atoms with Crippen molar-refractivity contribution in [1.82, 2.24) is 19.9 Å². The van der Waals surface area contributed by atoms with Crippen molar-refractivity contribution in [3.8, 4) is 0 Å². The highest BCUT2D eigenvalue weighted by Crippen LogP contribution is 2.73. The van der Waals surface area contributed by atoms with Gasteiger partial charge in [0.15, 0.2) is 11.6 Å². The number of anilines is 2. The van der Waals surface area contributed by atoms with E-state index in [0.717, 1.165) is 6.42 Å². The molecule has 2 aliphatic carbocycles. The number of hydrogen-bond donors (Lipinski definition) is 0. The minimum absolute atomic E-state index is 0.00551. The third kappa shape index (κ3) is 1.26. The van der Waals surface area contributed by atoms with E-state index in [2.05, 4.69) is 19.9 Å². The average molecular weight is 346 g/mol. The molecule has 8 heteroatoms. The molecule has 4 aliphatic rings. The van der Waals surface area contributed by atoms with Gasteiger partial charge in [0.25, 0.3) is 0 Å². The van der Waals surface area contributed by atoms with Gasteiger partial charge in [0.1, 0.15) is 41.3 Å². The molecule has 0 aromatic carbocycles. The minimum Gasteiger partial charge on any atom is -0.342 e. The van der Waals surface area contributed by atoms with E-state index in [1.807, 2.05) is 16.0 Å². The third-order valence-electron chi connectivity index (χ3n) is 6.37. The van der Waals surface area contributed by atoms with Crippen LogP contribution in [0, 0.1) is 11.3 Å². The highest BCUT2D eigenvalue weighted by molar-refractivity contribution is 6.36. The first kappa shape index (κ1) is 14.1. The highest BCUT2D eigenvalue weighted by Gasteiger charge is 2.93. The Morgan fingerprint density at radius 2 is 1.77 bits per heavy atom. The lowest BCUT2D eigenvalue weighted by atomic mass is 9.90. The smallest absolute Gasteiger partial charge is 0.180 e. The second-order valence-electron chi connectivity index (χ2n) is 7.12. The van der Waals surface area contributed by atoms with Gasteiger partial charge in [-0.1, -0.05) is 0 Å². The summed E-state index contributed by atoms with van der Waals surface area (Å²) >= 11 is 0. The topological polar surface area (TPSA) is 92.2 Å². The van der Waals surface area contributed by atoms with Gasteiger partial charge in [-0.15, -0.1) is 0 Å². The predicted molar refractivity (Wildman–Crippen MR) is 90.1 cm³/mol. The summed E-state index contributed by atoms with van der Waals surface area (Å²) in [5.74, 6) is 1.28. The summed E-state index contributed by atoms with van der Waals surface area (Å²) in [5, 5.41) is 0. The van der Waals surface area contributed by atoms with E-state index >= 15 is 0 Å². The molecule has 2 aromatic rings. The number of fused-ring (bicyclic) bond motifs is 2. The van der Waals surface area contributed by atoms with Crippen LogP contribution in [-0.4, -0.2) is 49.6 Å². The lowest BCUT2D eigenvalue weighted by molar-refractivity contribution is -0.127. The van der Waals surface area contributed by atoms with Crippen LogP contribution in [0.15, 0.2) is 49.5 Å². The molecule has 2 spiro atoms. The summed E-state index contributed by atoms with van der Waals surface area (Å²) in [6.45, 7) is 0.699. The van der Waals surface area contributed by atoms with E-state index in [1.165, 1.54) is 12.7 Å². The van der Waals surface area contributed by atoms with Gasteiger partial charge in [-0.2, -0.15) is 0 Å². The van der Waals surface area contributed by atoms with Crippen molar-refractivity contribution in [2.75, 3.05) is 16.3 Å². The number of carbonyl (C=O) groups excluding carboxylic acids is 2. The van der Waals surface area contributed by atoms with Gasteiger partial charge in [-0.25, -0.2) is 19.9 Å². The fraction of sp³-hybridized carbons (Fsp3) is 0.333. The summed E-state index contributed by atoms with van der Waals surface area (Å²) in [6, 6.07) is 3.21. The van der Waals surface area contributed by atoms with E-state index in [1.54, 1.807) is 30.6 Å². The molecule has 26 heavy (non-hydrogen) atoms. The maximum atomic E-state index is 13.3. The van der Waals surface area contributed by atoms with Crippen molar-refractivity contribution in [3.63, 3.8) is 0 Å².